The molecule has 4 rings (SSSR count). The zero-order valence-electron chi connectivity index (χ0n) is 19.1. The van der Waals surface area contributed by atoms with Crippen LogP contribution in [0.1, 0.15) is 39.0 Å². The molecule has 3 aromatic heterocycles. The molecule has 0 fully saturated rings. The van der Waals surface area contributed by atoms with Gasteiger partial charge in [-0.1, -0.05) is 17.8 Å². The lowest BCUT2D eigenvalue weighted by Crippen LogP contribution is -2.36. The number of carbonyl (C=O) groups is 1. The van der Waals surface area contributed by atoms with Gasteiger partial charge in [-0.25, -0.2) is 13.3 Å². The van der Waals surface area contributed by atoms with E-state index in [0.29, 0.717) is 17.1 Å². The number of nitrogens with two attached hydrogens (primary N) is 1. The van der Waals surface area contributed by atoms with Crippen molar-refractivity contribution in [2.45, 2.75) is 12.0 Å². The Labute approximate surface area is 226 Å². The van der Waals surface area contributed by atoms with Gasteiger partial charge in [0.2, 0.25) is 5.91 Å². The average molecular weight is 630 g/mol. The van der Waals surface area contributed by atoms with E-state index in [2.05, 4.69) is 28.1 Å². The fourth-order valence-electron chi connectivity index (χ4n) is 3.90. The van der Waals surface area contributed by atoms with Gasteiger partial charge in [-0.15, -0.1) is 0 Å². The van der Waals surface area contributed by atoms with Crippen LogP contribution in [0.25, 0.3) is 5.52 Å². The lowest BCUT2D eigenvalue weighted by molar-refractivity contribution is 0.0837. The van der Waals surface area contributed by atoms with Crippen molar-refractivity contribution in [3.05, 3.63) is 105 Å². The van der Waals surface area contributed by atoms with Gasteiger partial charge in [-0.05, 0) is 50.1 Å². The molecule has 0 saturated carbocycles. The van der Waals surface area contributed by atoms with Crippen molar-refractivity contribution in [3.8, 4) is 23.0 Å². The Bertz CT molecular complexity index is 1710. The Morgan fingerprint density at radius 1 is 1.22 bits per heavy atom. The van der Waals surface area contributed by atoms with Crippen LogP contribution in [0.4, 0.5) is 8.78 Å². The van der Waals surface area contributed by atoms with Gasteiger partial charge >= 0.3 is 0 Å². The molecule has 4 aromatic rings. The maximum atomic E-state index is 14.1. The molecule has 0 spiro atoms. The monoisotopic (exact) mass is 630 g/mol. The van der Waals surface area contributed by atoms with Crippen molar-refractivity contribution in [2.75, 3.05) is 0 Å². The highest BCUT2D eigenvalue weighted by molar-refractivity contribution is 14.2. The van der Waals surface area contributed by atoms with E-state index in [0.717, 1.165) is 12.1 Å². The molecular weight excluding hydrogens is 613 g/mol. The first-order chi connectivity index (χ1) is 17.7. The largest absolute Gasteiger partial charge is 0.379 e. The standard InChI is InChI=1S/C26H17F2IN4O3S/c1-32-9-3-5-22(25(32)35)26(36,17-12-18(27)14-19(28)13-17)8-2-4-20-21(24(30)34)6-10-33-23(20)16(15-31-33)7-11-37-29/h3,5-6,9-10,12-15,36H,8H2,1H3,(H2,30,34). The molecule has 0 bridgehead atoms. The molecule has 3 heterocycles. The molecule has 186 valence electrons. The summed E-state index contributed by atoms with van der Waals surface area (Å²) in [5.74, 6) is 5.99. The number of hydrogen-bond acceptors (Lipinski definition) is 5. The normalized spacial score (nSPS) is 12.2. The number of aryl methyl sites for hydroxylation is 1. The number of benzene rings is 1. The Morgan fingerprint density at radius 2 is 1.95 bits per heavy atom. The second kappa shape index (κ2) is 10.8. The molecule has 7 nitrogen and oxygen atoms in total. The molecule has 0 saturated heterocycles. The summed E-state index contributed by atoms with van der Waals surface area (Å²) < 4.78 is 31.0. The number of fused-ring (bicyclic) bond motifs is 1. The molecule has 0 aliphatic carbocycles. The van der Waals surface area contributed by atoms with Gasteiger partial charge < -0.3 is 15.4 Å². The number of pyridine rings is 2. The van der Waals surface area contributed by atoms with E-state index >= 15 is 0 Å². The number of amides is 1. The van der Waals surface area contributed by atoms with Gasteiger partial charge in [-0.2, -0.15) is 5.10 Å². The minimum Gasteiger partial charge on any atom is -0.379 e. The Hall–Kier alpha value is -3.65. The predicted molar refractivity (Wildman–Crippen MR) is 145 cm³/mol. The van der Waals surface area contributed by atoms with Crippen LogP contribution in [0.5, 0.6) is 0 Å². The molecule has 1 unspecified atom stereocenters. The molecule has 1 amide bonds. The fourth-order valence-corrected chi connectivity index (χ4v) is 4.37. The summed E-state index contributed by atoms with van der Waals surface area (Å²) in [6.45, 7) is 0. The molecule has 0 aliphatic rings. The predicted octanol–water partition coefficient (Wildman–Crippen LogP) is 3.48. The van der Waals surface area contributed by atoms with Crippen LogP contribution in [0.3, 0.4) is 0 Å². The Morgan fingerprint density at radius 3 is 2.62 bits per heavy atom. The number of primary amides is 1. The minimum atomic E-state index is -2.18. The number of aliphatic hydroxyl groups is 1. The summed E-state index contributed by atoms with van der Waals surface area (Å²) in [7, 11) is 2.75. The number of hydrogen-bond donors (Lipinski definition) is 2. The second-order valence-electron chi connectivity index (χ2n) is 7.96. The summed E-state index contributed by atoms with van der Waals surface area (Å²) >= 11 is 2.02. The van der Waals surface area contributed by atoms with Crippen molar-refractivity contribution in [3.63, 3.8) is 0 Å². The summed E-state index contributed by atoms with van der Waals surface area (Å²) in [6.07, 6.45) is 4.11. The van der Waals surface area contributed by atoms with Crippen LogP contribution in [-0.2, 0) is 12.6 Å². The summed E-state index contributed by atoms with van der Waals surface area (Å²) in [6, 6.07) is 6.90. The van der Waals surface area contributed by atoms with E-state index in [9.17, 15) is 23.5 Å². The topological polar surface area (TPSA) is 103 Å². The Balaban J connectivity index is 1.92. The number of aromatic nitrogens is 3. The van der Waals surface area contributed by atoms with Crippen molar-refractivity contribution >= 4 is 41.6 Å². The molecule has 11 heteroatoms. The van der Waals surface area contributed by atoms with E-state index in [-0.39, 0.29) is 22.3 Å². The highest BCUT2D eigenvalue weighted by Gasteiger charge is 2.35. The van der Waals surface area contributed by atoms with Gasteiger partial charge in [-0.3, -0.25) is 9.59 Å². The van der Waals surface area contributed by atoms with Crippen LogP contribution in [0.15, 0.2) is 59.8 Å². The van der Waals surface area contributed by atoms with Gasteiger partial charge in [0, 0.05) is 53.1 Å². The van der Waals surface area contributed by atoms with Gasteiger partial charge in [0.25, 0.3) is 5.56 Å². The van der Waals surface area contributed by atoms with E-state index < -0.39 is 35.1 Å². The van der Waals surface area contributed by atoms with Crippen molar-refractivity contribution in [1.82, 2.24) is 14.2 Å². The van der Waals surface area contributed by atoms with Crippen LogP contribution < -0.4 is 11.3 Å². The van der Waals surface area contributed by atoms with Crippen LogP contribution in [0, 0.1) is 34.6 Å². The van der Waals surface area contributed by atoms with E-state index in [1.165, 1.54) is 55.7 Å². The Kier molecular flexibility index (Phi) is 7.68. The summed E-state index contributed by atoms with van der Waals surface area (Å²) in [5.41, 5.74) is 3.76. The SMILES string of the molecule is Cn1cccc(C(O)(CC#Cc2c(C(N)=O)ccn3ncc(C#CSI)c23)c2cc(F)cc(F)c2)c1=O. The first kappa shape index (κ1) is 26.4. The number of halogens is 3. The van der Waals surface area contributed by atoms with E-state index in [1.807, 2.05) is 21.2 Å². The fraction of sp³-hybridized carbons (Fsp3) is 0.115. The van der Waals surface area contributed by atoms with Gasteiger partial charge in [0.1, 0.15) is 17.2 Å². The second-order valence-corrected chi connectivity index (χ2v) is 9.64. The van der Waals surface area contributed by atoms with Gasteiger partial charge in [0.05, 0.1) is 34.0 Å². The molecule has 3 N–H and O–H groups in total. The average Bonchev–Trinajstić information content (AvgIpc) is 3.27. The quantitative estimate of drug-likeness (QED) is 0.266. The smallest absolute Gasteiger partial charge is 0.256 e. The van der Waals surface area contributed by atoms with Crippen LogP contribution >= 0.6 is 30.1 Å². The van der Waals surface area contributed by atoms with Crippen molar-refractivity contribution in [2.24, 2.45) is 12.8 Å². The number of nitrogens with zero attached hydrogens (tertiary/aromatic N) is 3. The van der Waals surface area contributed by atoms with Crippen LogP contribution in [0.2, 0.25) is 0 Å². The molecular formula is C26H17F2IN4O3S. The van der Waals surface area contributed by atoms with E-state index in [1.54, 1.807) is 6.20 Å². The number of carbonyl (C=O) groups excluding carboxylic acids is 1. The van der Waals surface area contributed by atoms with Crippen molar-refractivity contribution < 1.29 is 18.7 Å². The van der Waals surface area contributed by atoms with E-state index in [4.69, 9.17) is 5.73 Å². The first-order valence-corrected chi connectivity index (χ1v) is 13.9. The summed E-state index contributed by atoms with van der Waals surface area (Å²) in [4.78, 5) is 25.1. The zero-order chi connectivity index (χ0) is 26.7. The zero-order valence-corrected chi connectivity index (χ0v) is 22.1. The molecule has 1 atom stereocenters. The maximum Gasteiger partial charge on any atom is 0.256 e. The lowest BCUT2D eigenvalue weighted by atomic mass is 9.84. The van der Waals surface area contributed by atoms with Crippen LogP contribution in [-0.4, -0.2) is 25.2 Å². The minimum absolute atomic E-state index is 0.0987. The molecule has 0 aliphatic heterocycles. The van der Waals surface area contributed by atoms with Gasteiger partial charge in [0.15, 0.2) is 0 Å². The molecule has 0 radical (unpaired) electrons. The highest BCUT2D eigenvalue weighted by Crippen LogP contribution is 2.32. The number of rotatable bonds is 4. The third-order valence-corrected chi connectivity index (χ3v) is 6.48. The first-order valence-electron chi connectivity index (χ1n) is 10.6. The third-order valence-electron chi connectivity index (χ3n) is 5.64. The molecule has 1 aromatic carbocycles. The third kappa shape index (κ3) is 5.25. The molecule has 37 heavy (non-hydrogen) atoms. The lowest BCUT2D eigenvalue weighted by Gasteiger charge is -2.27. The summed E-state index contributed by atoms with van der Waals surface area (Å²) in [5, 5.41) is 18.8. The maximum absolute atomic E-state index is 14.1. The highest BCUT2D eigenvalue weighted by atomic mass is 127. The van der Waals surface area contributed by atoms with Crippen molar-refractivity contribution in [1.29, 1.82) is 0 Å².